The van der Waals surface area contributed by atoms with Gasteiger partial charge < -0.3 is 9.84 Å². The van der Waals surface area contributed by atoms with Crippen LogP contribution < -0.4 is 16.0 Å². The average Bonchev–Trinajstić information content (AvgIpc) is 3.42. The number of hydrogen-bond acceptors (Lipinski definition) is 6. The number of halogens is 2. The zero-order valence-electron chi connectivity index (χ0n) is 22.3. The fourth-order valence-electron chi connectivity index (χ4n) is 9.77. The Labute approximate surface area is 218 Å². The van der Waals surface area contributed by atoms with Crippen LogP contribution in [0, 0.1) is 52.1 Å². The molecule has 1 aliphatic heterocycles. The molecule has 4 aliphatic carbocycles. The third-order valence-electron chi connectivity index (χ3n) is 11.4. The first-order chi connectivity index (χ1) is 17.6. The topological polar surface area (TPSA) is 73.8 Å². The van der Waals surface area contributed by atoms with E-state index in [2.05, 4.69) is 17.9 Å². The molecule has 8 heteroatoms. The van der Waals surface area contributed by atoms with Gasteiger partial charge in [0, 0.05) is 13.0 Å². The maximum Gasteiger partial charge on any atom is 0.185 e. The van der Waals surface area contributed by atoms with Crippen LogP contribution >= 0.6 is 0 Å². The molecule has 0 radical (unpaired) electrons. The zero-order valence-corrected chi connectivity index (χ0v) is 22.3. The highest BCUT2D eigenvalue weighted by atomic mass is 19.2. The van der Waals surface area contributed by atoms with Gasteiger partial charge in [0.25, 0.3) is 0 Å². The van der Waals surface area contributed by atoms with Gasteiger partial charge in [0.15, 0.2) is 17.4 Å². The van der Waals surface area contributed by atoms with E-state index in [1.807, 2.05) is 14.0 Å². The molecule has 4 saturated carbocycles. The standard InChI is InChI=1S/C29H41F2N3O3/c1-27(36)12-13-29(16-37-3)17(14-27)4-5-18-19-6-7-21(28(19,2)11-10-20(18)29)24(35)15-34-23-9-8-22(30)25(31)26(23)32-33-34/h8-9,17-21,32-33,36H,4-7,10-16H2,1-3H3/t17-,18-,19-,20-,21+,27+,28-,29+/m0/s1. The lowest BCUT2D eigenvalue weighted by Gasteiger charge is -2.62. The van der Waals surface area contributed by atoms with Gasteiger partial charge in [-0.25, -0.2) is 8.78 Å². The van der Waals surface area contributed by atoms with E-state index in [4.69, 9.17) is 4.74 Å². The number of Topliss-reactive ketones (excluding diaryl/α,β-unsaturated/α-hetero) is 1. The molecule has 0 unspecified atom stereocenters. The number of aliphatic hydroxyl groups is 1. The second-order valence-corrected chi connectivity index (χ2v) is 13.2. The fraction of sp³-hybridized carbons (Fsp3) is 0.759. The molecule has 37 heavy (non-hydrogen) atoms. The molecule has 6 nitrogen and oxygen atoms in total. The van der Waals surface area contributed by atoms with E-state index in [1.165, 1.54) is 12.5 Å². The molecule has 6 rings (SSSR count). The molecule has 0 spiro atoms. The Bertz CT molecular complexity index is 1080. The summed E-state index contributed by atoms with van der Waals surface area (Å²) in [5, 5.41) is 12.5. The summed E-state index contributed by atoms with van der Waals surface area (Å²) in [7, 11) is 1.82. The second-order valence-electron chi connectivity index (χ2n) is 13.2. The molecule has 1 aromatic carbocycles. The number of ether oxygens (including phenoxy) is 1. The van der Waals surface area contributed by atoms with Crippen molar-refractivity contribution in [3.8, 4) is 0 Å². The van der Waals surface area contributed by atoms with Gasteiger partial charge in [0.1, 0.15) is 5.69 Å². The summed E-state index contributed by atoms with van der Waals surface area (Å²) in [5.74, 6) is 0.490. The van der Waals surface area contributed by atoms with Gasteiger partial charge in [-0.3, -0.25) is 15.2 Å². The van der Waals surface area contributed by atoms with Crippen LogP contribution in [0.25, 0.3) is 0 Å². The van der Waals surface area contributed by atoms with Crippen molar-refractivity contribution in [3.05, 3.63) is 23.8 Å². The van der Waals surface area contributed by atoms with Crippen LogP contribution in [0.15, 0.2) is 12.1 Å². The summed E-state index contributed by atoms with van der Waals surface area (Å²) in [6.45, 7) is 5.22. The third-order valence-corrected chi connectivity index (χ3v) is 11.4. The normalized spacial score (nSPS) is 42.4. The first kappa shape index (κ1) is 25.5. The van der Waals surface area contributed by atoms with Crippen LogP contribution in [0.4, 0.5) is 20.2 Å². The van der Waals surface area contributed by atoms with Gasteiger partial charge in [-0.05, 0) is 111 Å². The SMILES string of the molecule is COC[C@]12CC[C@@](C)(O)C[C@@H]1CC[C@H]1[C@@H]3CC[C@H](C(=O)CN4NNc5c4ccc(F)c5F)[C@@]3(C)CC[C@@H]12. The minimum absolute atomic E-state index is 0.0298. The van der Waals surface area contributed by atoms with Crippen molar-refractivity contribution in [1.82, 2.24) is 5.53 Å². The molecule has 1 aromatic rings. The number of benzene rings is 1. The van der Waals surface area contributed by atoms with Gasteiger partial charge in [0.05, 0.1) is 24.4 Å². The lowest BCUT2D eigenvalue weighted by Crippen LogP contribution is -2.58. The van der Waals surface area contributed by atoms with Crippen LogP contribution in [-0.4, -0.2) is 36.8 Å². The van der Waals surface area contributed by atoms with Crippen LogP contribution in [0.5, 0.6) is 0 Å². The Balaban J connectivity index is 1.20. The van der Waals surface area contributed by atoms with Crippen molar-refractivity contribution in [2.75, 3.05) is 30.7 Å². The number of anilines is 2. The van der Waals surface area contributed by atoms with E-state index < -0.39 is 17.2 Å². The summed E-state index contributed by atoms with van der Waals surface area (Å²) in [5.41, 5.74) is 5.57. The Morgan fingerprint density at radius 1 is 1.11 bits per heavy atom. The number of fused-ring (bicyclic) bond motifs is 6. The Kier molecular flexibility index (Phi) is 6.12. The Morgan fingerprint density at radius 2 is 1.92 bits per heavy atom. The zero-order chi connectivity index (χ0) is 26.2. The fourth-order valence-corrected chi connectivity index (χ4v) is 9.77. The molecule has 0 bridgehead atoms. The Hall–Kier alpha value is -1.77. The molecule has 1 heterocycles. The molecule has 0 aromatic heterocycles. The Morgan fingerprint density at radius 3 is 2.70 bits per heavy atom. The number of nitrogens with one attached hydrogen (secondary N) is 2. The predicted octanol–water partition coefficient (Wildman–Crippen LogP) is 5.22. The molecule has 204 valence electrons. The maximum absolute atomic E-state index is 14.2. The number of hydrazine groups is 2. The van der Waals surface area contributed by atoms with Crippen LogP contribution in [-0.2, 0) is 9.53 Å². The monoisotopic (exact) mass is 517 g/mol. The first-order valence-corrected chi connectivity index (χ1v) is 14.1. The minimum atomic E-state index is -0.934. The van der Waals surface area contributed by atoms with Gasteiger partial charge in [-0.15, -0.1) is 5.53 Å². The van der Waals surface area contributed by atoms with Crippen molar-refractivity contribution in [2.24, 2.45) is 40.4 Å². The number of methoxy groups -OCH3 is 1. The van der Waals surface area contributed by atoms with E-state index in [1.54, 1.807) is 5.01 Å². The third kappa shape index (κ3) is 3.84. The average molecular weight is 518 g/mol. The number of nitrogens with zero attached hydrogens (tertiary/aromatic N) is 1. The number of hydrogen-bond donors (Lipinski definition) is 3. The van der Waals surface area contributed by atoms with Crippen molar-refractivity contribution >= 4 is 17.2 Å². The van der Waals surface area contributed by atoms with Gasteiger partial charge in [0.2, 0.25) is 0 Å². The van der Waals surface area contributed by atoms with E-state index in [0.29, 0.717) is 29.4 Å². The number of ketones is 1. The predicted molar refractivity (Wildman–Crippen MR) is 138 cm³/mol. The highest BCUT2D eigenvalue weighted by Crippen LogP contribution is 2.68. The molecule has 8 atom stereocenters. The van der Waals surface area contributed by atoms with E-state index >= 15 is 0 Å². The van der Waals surface area contributed by atoms with Crippen molar-refractivity contribution in [3.63, 3.8) is 0 Å². The van der Waals surface area contributed by atoms with Crippen molar-refractivity contribution in [1.29, 1.82) is 0 Å². The molecule has 5 aliphatic rings. The van der Waals surface area contributed by atoms with Gasteiger partial charge >= 0.3 is 0 Å². The van der Waals surface area contributed by atoms with Crippen molar-refractivity contribution < 1.29 is 23.4 Å². The first-order valence-electron chi connectivity index (χ1n) is 14.1. The summed E-state index contributed by atoms with van der Waals surface area (Å²) >= 11 is 0. The number of rotatable bonds is 5. The minimum Gasteiger partial charge on any atom is -0.390 e. The summed E-state index contributed by atoms with van der Waals surface area (Å²) in [6, 6.07) is 2.61. The molecule has 3 N–H and O–H groups in total. The summed E-state index contributed by atoms with van der Waals surface area (Å²) < 4.78 is 33.7. The number of carbonyl (C=O) groups is 1. The molecule has 0 amide bonds. The lowest BCUT2D eigenvalue weighted by molar-refractivity contribution is -0.175. The molecular formula is C29H41F2N3O3. The van der Waals surface area contributed by atoms with E-state index in [0.717, 1.165) is 64.0 Å². The summed E-state index contributed by atoms with van der Waals surface area (Å²) in [6.07, 6.45) is 9.14. The van der Waals surface area contributed by atoms with Crippen LogP contribution in [0.1, 0.15) is 71.6 Å². The van der Waals surface area contributed by atoms with Gasteiger partial charge in [-0.1, -0.05) is 6.92 Å². The highest BCUT2D eigenvalue weighted by Gasteiger charge is 2.63. The largest absolute Gasteiger partial charge is 0.390 e. The van der Waals surface area contributed by atoms with E-state index in [9.17, 15) is 18.7 Å². The second kappa shape index (κ2) is 8.88. The van der Waals surface area contributed by atoms with Crippen LogP contribution in [0.3, 0.4) is 0 Å². The molecule has 4 fully saturated rings. The van der Waals surface area contributed by atoms with Gasteiger partial charge in [-0.2, -0.15) is 0 Å². The van der Waals surface area contributed by atoms with E-state index in [-0.39, 0.29) is 34.8 Å². The van der Waals surface area contributed by atoms with Crippen LogP contribution in [0.2, 0.25) is 0 Å². The molecular weight excluding hydrogens is 476 g/mol. The van der Waals surface area contributed by atoms with Crippen molar-refractivity contribution in [2.45, 2.75) is 77.2 Å². The smallest absolute Gasteiger partial charge is 0.185 e. The number of carbonyl (C=O) groups excluding carboxylic acids is 1. The lowest BCUT2D eigenvalue weighted by atomic mass is 9.43. The highest BCUT2D eigenvalue weighted by molar-refractivity contribution is 5.88. The maximum atomic E-state index is 14.2. The quantitative estimate of drug-likeness (QED) is 0.497. The molecule has 0 saturated heterocycles. The summed E-state index contributed by atoms with van der Waals surface area (Å²) in [4.78, 5) is 13.7.